The number of anilines is 1. The first-order valence-electron chi connectivity index (χ1n) is 10.6. The second-order valence-electron chi connectivity index (χ2n) is 9.13. The van der Waals surface area contributed by atoms with Gasteiger partial charge in [0, 0.05) is 5.56 Å². The van der Waals surface area contributed by atoms with Crippen LogP contribution in [0.15, 0.2) is 66.7 Å². The summed E-state index contributed by atoms with van der Waals surface area (Å²) in [4.78, 5) is 20.3. The van der Waals surface area contributed by atoms with E-state index in [0.29, 0.717) is 12.1 Å². The van der Waals surface area contributed by atoms with Crippen LogP contribution < -0.4 is 4.90 Å². The van der Waals surface area contributed by atoms with Gasteiger partial charge in [-0.25, -0.2) is 4.98 Å². The van der Waals surface area contributed by atoms with E-state index in [1.54, 1.807) is 16.2 Å². The number of carbonyl (C=O) groups excluding carboxylic acids is 1. The van der Waals surface area contributed by atoms with Crippen molar-refractivity contribution in [2.75, 3.05) is 4.90 Å². The van der Waals surface area contributed by atoms with Crippen molar-refractivity contribution in [3.8, 4) is 0 Å². The molecule has 31 heavy (non-hydrogen) atoms. The predicted molar refractivity (Wildman–Crippen MR) is 131 cm³/mol. The number of carbonyl (C=O) groups is 1. The Morgan fingerprint density at radius 1 is 0.968 bits per heavy atom. The number of aromatic nitrogens is 1. The van der Waals surface area contributed by atoms with E-state index in [9.17, 15) is 4.79 Å². The normalized spacial score (nSPS) is 11.6. The molecule has 0 aliphatic heterocycles. The van der Waals surface area contributed by atoms with Gasteiger partial charge in [-0.15, -0.1) is 0 Å². The van der Waals surface area contributed by atoms with Crippen molar-refractivity contribution in [1.82, 2.24) is 4.98 Å². The van der Waals surface area contributed by atoms with Crippen molar-refractivity contribution >= 4 is 32.6 Å². The first-order valence-corrected chi connectivity index (χ1v) is 11.4. The summed E-state index contributed by atoms with van der Waals surface area (Å²) in [6, 6.07) is 22.4. The summed E-state index contributed by atoms with van der Waals surface area (Å²) in [5.41, 5.74) is 6.33. The van der Waals surface area contributed by atoms with Gasteiger partial charge in [-0.2, -0.15) is 0 Å². The Balaban J connectivity index is 1.76. The lowest BCUT2D eigenvalue weighted by molar-refractivity contribution is 0.0985. The van der Waals surface area contributed by atoms with E-state index in [1.165, 1.54) is 11.1 Å². The molecule has 158 valence electrons. The lowest BCUT2D eigenvalue weighted by Crippen LogP contribution is -2.30. The van der Waals surface area contributed by atoms with Crippen LogP contribution in [0.5, 0.6) is 0 Å². The fraction of sp³-hybridized carbons (Fsp3) is 0.259. The molecule has 0 aliphatic carbocycles. The Morgan fingerprint density at radius 3 is 2.29 bits per heavy atom. The average molecular weight is 429 g/mol. The molecule has 3 nitrogen and oxygen atoms in total. The lowest BCUT2D eigenvalue weighted by Gasteiger charge is -2.22. The van der Waals surface area contributed by atoms with Crippen LogP contribution >= 0.6 is 11.3 Å². The minimum atomic E-state index is -0.0299. The maximum absolute atomic E-state index is 13.6. The maximum Gasteiger partial charge on any atom is 0.260 e. The van der Waals surface area contributed by atoms with E-state index in [2.05, 4.69) is 58.9 Å². The molecule has 0 saturated heterocycles. The number of amides is 1. The van der Waals surface area contributed by atoms with E-state index < -0.39 is 0 Å². The molecule has 4 aromatic rings. The van der Waals surface area contributed by atoms with E-state index >= 15 is 0 Å². The topological polar surface area (TPSA) is 33.2 Å². The third kappa shape index (κ3) is 4.54. The number of thiazole rings is 1. The summed E-state index contributed by atoms with van der Waals surface area (Å²) in [5, 5.41) is 0.734. The van der Waals surface area contributed by atoms with Gasteiger partial charge >= 0.3 is 0 Å². The molecule has 1 aromatic heterocycles. The highest BCUT2D eigenvalue weighted by Crippen LogP contribution is 2.33. The summed E-state index contributed by atoms with van der Waals surface area (Å²) in [7, 11) is 0. The molecule has 4 heteroatoms. The Bertz CT molecular complexity index is 1220. The molecule has 0 atom stereocenters. The van der Waals surface area contributed by atoms with Crippen LogP contribution in [-0.2, 0) is 12.0 Å². The minimum absolute atomic E-state index is 0.0299. The van der Waals surface area contributed by atoms with Gasteiger partial charge in [0.2, 0.25) is 0 Å². The van der Waals surface area contributed by atoms with Crippen LogP contribution in [-0.4, -0.2) is 10.9 Å². The summed E-state index contributed by atoms with van der Waals surface area (Å²) in [5.74, 6) is -0.0299. The van der Waals surface area contributed by atoms with Crippen molar-refractivity contribution in [3.05, 3.63) is 94.5 Å². The third-order valence-corrected chi connectivity index (χ3v) is 6.50. The monoisotopic (exact) mass is 428 g/mol. The van der Waals surface area contributed by atoms with Crippen molar-refractivity contribution in [2.45, 2.75) is 46.6 Å². The molecule has 1 amide bonds. The van der Waals surface area contributed by atoms with Gasteiger partial charge in [-0.1, -0.05) is 80.6 Å². The van der Waals surface area contributed by atoms with Gasteiger partial charge < -0.3 is 0 Å². The molecule has 0 aliphatic rings. The average Bonchev–Trinajstić information content (AvgIpc) is 3.16. The summed E-state index contributed by atoms with van der Waals surface area (Å²) >= 11 is 1.58. The molecule has 4 rings (SSSR count). The minimum Gasteiger partial charge on any atom is -0.279 e. The second-order valence-corrected chi connectivity index (χ2v) is 10.1. The van der Waals surface area contributed by atoms with Gasteiger partial charge in [0.15, 0.2) is 5.13 Å². The quantitative estimate of drug-likeness (QED) is 0.349. The Morgan fingerprint density at radius 2 is 1.65 bits per heavy atom. The van der Waals surface area contributed by atoms with E-state index in [4.69, 9.17) is 4.98 Å². The molecule has 3 aromatic carbocycles. The van der Waals surface area contributed by atoms with Crippen LogP contribution in [0.4, 0.5) is 5.13 Å². The van der Waals surface area contributed by atoms with Crippen molar-refractivity contribution in [1.29, 1.82) is 0 Å². The van der Waals surface area contributed by atoms with Crippen LogP contribution in [0.1, 0.15) is 53.4 Å². The molecule has 1 heterocycles. The SMILES string of the molecule is Cc1cc(C)c2nc(N(Cc3ccccc3)C(=O)c3ccc(C(C)(C)C)cc3)sc2c1. The molecule has 0 spiro atoms. The highest BCUT2D eigenvalue weighted by atomic mass is 32.1. The highest BCUT2D eigenvalue weighted by molar-refractivity contribution is 7.22. The molecular formula is C27H28N2OS. The van der Waals surface area contributed by atoms with Crippen molar-refractivity contribution < 1.29 is 4.79 Å². The Hall–Kier alpha value is -2.98. The number of hydrogen-bond acceptors (Lipinski definition) is 3. The maximum atomic E-state index is 13.6. The molecular weight excluding hydrogens is 400 g/mol. The van der Waals surface area contributed by atoms with Crippen LogP contribution in [0.3, 0.4) is 0 Å². The van der Waals surface area contributed by atoms with Crippen LogP contribution in [0, 0.1) is 13.8 Å². The summed E-state index contributed by atoms with van der Waals surface area (Å²) in [6.07, 6.45) is 0. The summed E-state index contributed by atoms with van der Waals surface area (Å²) in [6.45, 7) is 11.2. The van der Waals surface area contributed by atoms with Crippen LogP contribution in [0.25, 0.3) is 10.2 Å². The van der Waals surface area contributed by atoms with Crippen molar-refractivity contribution in [2.24, 2.45) is 0 Å². The van der Waals surface area contributed by atoms with E-state index in [1.807, 2.05) is 42.5 Å². The predicted octanol–water partition coefficient (Wildman–Crippen LogP) is 7.06. The molecule has 0 unspecified atom stereocenters. The number of benzene rings is 3. The number of fused-ring (bicyclic) bond motifs is 1. The molecule has 0 radical (unpaired) electrons. The van der Waals surface area contributed by atoms with Gasteiger partial charge in [0.25, 0.3) is 5.91 Å². The molecule has 0 saturated carbocycles. The fourth-order valence-electron chi connectivity index (χ4n) is 3.74. The number of nitrogens with zero attached hydrogens (tertiary/aromatic N) is 2. The standard InChI is InChI=1S/C27H28N2OS/c1-18-15-19(2)24-23(16-18)31-26(28-24)29(17-20-9-7-6-8-10-20)25(30)21-11-13-22(14-12-21)27(3,4)5/h6-16H,17H2,1-5H3. The first-order chi connectivity index (χ1) is 14.7. The number of aryl methyl sites for hydroxylation is 2. The fourth-order valence-corrected chi connectivity index (χ4v) is 4.87. The van der Waals surface area contributed by atoms with Crippen LogP contribution in [0.2, 0.25) is 0 Å². The summed E-state index contributed by atoms with van der Waals surface area (Å²) < 4.78 is 1.11. The largest absolute Gasteiger partial charge is 0.279 e. The van der Waals surface area contributed by atoms with Gasteiger partial charge in [-0.3, -0.25) is 9.69 Å². The highest BCUT2D eigenvalue weighted by Gasteiger charge is 2.23. The Kier molecular flexibility index (Phi) is 5.67. The Labute approximate surface area is 188 Å². The number of hydrogen-bond donors (Lipinski definition) is 0. The zero-order valence-corrected chi connectivity index (χ0v) is 19.6. The first kappa shape index (κ1) is 21.3. The zero-order chi connectivity index (χ0) is 22.2. The molecule has 0 N–H and O–H groups in total. The third-order valence-electron chi connectivity index (χ3n) is 5.48. The lowest BCUT2D eigenvalue weighted by atomic mass is 9.86. The molecule has 0 bridgehead atoms. The van der Waals surface area contributed by atoms with Gasteiger partial charge in [0.05, 0.1) is 16.8 Å². The number of rotatable bonds is 4. The zero-order valence-electron chi connectivity index (χ0n) is 18.8. The molecule has 0 fully saturated rings. The van der Waals surface area contributed by atoms with Crippen molar-refractivity contribution in [3.63, 3.8) is 0 Å². The van der Waals surface area contributed by atoms with Gasteiger partial charge in [-0.05, 0) is 59.7 Å². The van der Waals surface area contributed by atoms with E-state index in [-0.39, 0.29) is 11.3 Å². The second kappa shape index (κ2) is 8.27. The van der Waals surface area contributed by atoms with E-state index in [0.717, 1.165) is 26.5 Å². The smallest absolute Gasteiger partial charge is 0.260 e. The van der Waals surface area contributed by atoms with Gasteiger partial charge in [0.1, 0.15) is 0 Å².